The zero-order chi connectivity index (χ0) is 9.84. The van der Waals surface area contributed by atoms with Crippen LogP contribution in [-0.2, 0) is 4.74 Å². The highest BCUT2D eigenvalue weighted by atomic mass is 16.5. The Balaban J connectivity index is 2.49. The van der Waals surface area contributed by atoms with Gasteiger partial charge in [0.25, 0.3) is 0 Å². The average molecular weight is 184 g/mol. The Hall–Kier alpha value is -0.0400. The highest BCUT2D eigenvalue weighted by Gasteiger charge is 2.25. The van der Waals surface area contributed by atoms with E-state index in [1.165, 1.54) is 19.3 Å². The first kappa shape index (κ1) is 11.0. The lowest BCUT2D eigenvalue weighted by atomic mass is 9.88. The van der Waals surface area contributed by atoms with Gasteiger partial charge in [-0.25, -0.2) is 0 Å². The van der Waals surface area contributed by atoms with Crippen molar-refractivity contribution < 1.29 is 4.74 Å². The van der Waals surface area contributed by atoms with Crippen LogP contribution in [0.4, 0.5) is 0 Å². The van der Waals surface area contributed by atoms with E-state index < -0.39 is 0 Å². The zero-order valence-corrected chi connectivity index (χ0v) is 9.55. The van der Waals surface area contributed by atoms with Gasteiger partial charge in [0.05, 0.1) is 0 Å². The van der Waals surface area contributed by atoms with Crippen LogP contribution < -0.4 is 0 Å². The van der Waals surface area contributed by atoms with Crippen molar-refractivity contribution in [3.63, 3.8) is 0 Å². The van der Waals surface area contributed by atoms with E-state index in [9.17, 15) is 0 Å². The zero-order valence-electron chi connectivity index (χ0n) is 9.55. The predicted octanol–water partition coefficient (Wildman–Crippen LogP) is 3.34. The maximum Gasteiger partial charge on any atom is 0.0490 e. The van der Waals surface area contributed by atoms with Crippen molar-refractivity contribution in [1.82, 2.24) is 0 Å². The Morgan fingerprint density at radius 2 is 1.62 bits per heavy atom. The van der Waals surface area contributed by atoms with Crippen molar-refractivity contribution in [3.05, 3.63) is 0 Å². The molecule has 0 aliphatic heterocycles. The van der Waals surface area contributed by atoms with E-state index in [1.54, 1.807) is 0 Å². The second-order valence-corrected chi connectivity index (χ2v) is 5.09. The quantitative estimate of drug-likeness (QED) is 0.598. The highest BCUT2D eigenvalue weighted by molar-refractivity contribution is 4.76. The number of methoxy groups -OCH3 is 1. The average Bonchev–Trinajstić information content (AvgIpc) is 2.13. The Kier molecular flexibility index (Phi) is 4.24. The molecule has 0 spiro atoms. The molecular weight excluding hydrogens is 160 g/mol. The van der Waals surface area contributed by atoms with E-state index in [0.717, 1.165) is 30.3 Å². The van der Waals surface area contributed by atoms with Crippen LogP contribution in [0, 0.1) is 23.7 Å². The van der Waals surface area contributed by atoms with E-state index in [1.807, 2.05) is 7.11 Å². The summed E-state index contributed by atoms with van der Waals surface area (Å²) in [6.07, 6.45) is 4.13. The molecule has 0 saturated heterocycles. The monoisotopic (exact) mass is 184 g/mol. The van der Waals surface area contributed by atoms with Crippen LogP contribution in [0.25, 0.3) is 0 Å². The Labute approximate surface area is 82.9 Å². The third-order valence-corrected chi connectivity index (χ3v) is 3.59. The van der Waals surface area contributed by atoms with Gasteiger partial charge >= 0.3 is 0 Å². The summed E-state index contributed by atoms with van der Waals surface area (Å²) in [4.78, 5) is 0. The second-order valence-electron chi connectivity index (χ2n) is 5.09. The molecule has 13 heavy (non-hydrogen) atoms. The van der Waals surface area contributed by atoms with E-state index in [2.05, 4.69) is 20.8 Å². The molecule has 1 aliphatic rings. The highest BCUT2D eigenvalue weighted by Crippen LogP contribution is 2.34. The van der Waals surface area contributed by atoms with Crippen LogP contribution in [0.2, 0.25) is 0 Å². The molecule has 1 rings (SSSR count). The van der Waals surface area contributed by atoms with Gasteiger partial charge in [0.2, 0.25) is 0 Å². The van der Waals surface area contributed by atoms with E-state index >= 15 is 0 Å². The molecule has 4 atom stereocenters. The molecule has 1 saturated carbocycles. The molecule has 0 heterocycles. The molecule has 4 unspecified atom stereocenters. The summed E-state index contributed by atoms with van der Waals surface area (Å²) in [6, 6.07) is 0. The Bertz CT molecular complexity index is 144. The van der Waals surface area contributed by atoms with Crippen LogP contribution in [0.3, 0.4) is 0 Å². The van der Waals surface area contributed by atoms with E-state index in [0.29, 0.717) is 0 Å². The largest absolute Gasteiger partial charge is 0.384 e. The first-order valence-corrected chi connectivity index (χ1v) is 5.62. The minimum Gasteiger partial charge on any atom is -0.384 e. The summed E-state index contributed by atoms with van der Waals surface area (Å²) in [6.45, 7) is 8.14. The van der Waals surface area contributed by atoms with Crippen LogP contribution in [-0.4, -0.2) is 13.7 Å². The summed E-state index contributed by atoms with van der Waals surface area (Å²) in [7, 11) is 1.82. The van der Waals surface area contributed by atoms with Gasteiger partial charge in [-0.15, -0.1) is 0 Å². The molecule has 0 aromatic carbocycles. The first-order chi connectivity index (χ1) is 6.13. The van der Waals surface area contributed by atoms with Gasteiger partial charge in [-0.1, -0.05) is 20.8 Å². The maximum atomic E-state index is 5.27. The van der Waals surface area contributed by atoms with Gasteiger partial charge in [-0.2, -0.15) is 0 Å². The van der Waals surface area contributed by atoms with Crippen molar-refractivity contribution in [2.45, 2.75) is 40.0 Å². The lowest BCUT2D eigenvalue weighted by Gasteiger charge is -2.19. The molecule has 0 amide bonds. The predicted molar refractivity (Wildman–Crippen MR) is 56.7 cm³/mol. The number of hydrogen-bond donors (Lipinski definition) is 0. The number of ether oxygens (including phenoxy) is 1. The van der Waals surface area contributed by atoms with Crippen molar-refractivity contribution in [3.8, 4) is 0 Å². The molecule has 78 valence electrons. The van der Waals surface area contributed by atoms with Crippen molar-refractivity contribution in [1.29, 1.82) is 0 Å². The molecule has 1 fully saturated rings. The Morgan fingerprint density at radius 3 is 2.23 bits per heavy atom. The Morgan fingerprint density at radius 1 is 1.00 bits per heavy atom. The fourth-order valence-corrected chi connectivity index (χ4v) is 2.76. The van der Waals surface area contributed by atoms with Gasteiger partial charge < -0.3 is 4.74 Å². The summed E-state index contributed by atoms with van der Waals surface area (Å²) in [5, 5.41) is 0. The van der Waals surface area contributed by atoms with Crippen LogP contribution in [0.15, 0.2) is 0 Å². The van der Waals surface area contributed by atoms with Gasteiger partial charge in [-0.3, -0.25) is 0 Å². The van der Waals surface area contributed by atoms with Gasteiger partial charge in [0, 0.05) is 13.7 Å². The SMILES string of the molecule is COCC1CC(C)CC(C)C(C)C1. The van der Waals surface area contributed by atoms with Crippen molar-refractivity contribution in [2.24, 2.45) is 23.7 Å². The standard InChI is InChI=1S/C12H24O/c1-9-5-10(2)11(3)7-12(6-9)8-13-4/h9-12H,5-8H2,1-4H3. The minimum atomic E-state index is 0.806. The van der Waals surface area contributed by atoms with Crippen LogP contribution in [0.5, 0.6) is 0 Å². The molecule has 1 nitrogen and oxygen atoms in total. The molecule has 1 heteroatoms. The fraction of sp³-hybridized carbons (Fsp3) is 1.00. The molecule has 0 bridgehead atoms. The lowest BCUT2D eigenvalue weighted by Crippen LogP contribution is -2.13. The molecular formula is C12H24O. The fourth-order valence-electron chi connectivity index (χ4n) is 2.76. The van der Waals surface area contributed by atoms with Gasteiger partial charge in [0.1, 0.15) is 0 Å². The second kappa shape index (κ2) is 4.99. The van der Waals surface area contributed by atoms with Crippen molar-refractivity contribution >= 4 is 0 Å². The molecule has 0 N–H and O–H groups in total. The molecule has 0 radical (unpaired) electrons. The summed E-state index contributed by atoms with van der Waals surface area (Å²) in [5.41, 5.74) is 0. The van der Waals surface area contributed by atoms with Crippen molar-refractivity contribution in [2.75, 3.05) is 13.7 Å². The van der Waals surface area contributed by atoms with Gasteiger partial charge in [-0.05, 0) is 42.9 Å². The first-order valence-electron chi connectivity index (χ1n) is 5.62. The summed E-state index contributed by atoms with van der Waals surface area (Å²) < 4.78 is 5.27. The summed E-state index contributed by atoms with van der Waals surface area (Å²) >= 11 is 0. The number of rotatable bonds is 2. The third kappa shape index (κ3) is 3.30. The number of hydrogen-bond acceptors (Lipinski definition) is 1. The molecule has 0 aromatic rings. The molecule has 1 aliphatic carbocycles. The topological polar surface area (TPSA) is 9.23 Å². The van der Waals surface area contributed by atoms with Crippen LogP contribution in [0.1, 0.15) is 40.0 Å². The minimum absolute atomic E-state index is 0.806. The lowest BCUT2D eigenvalue weighted by molar-refractivity contribution is 0.132. The van der Waals surface area contributed by atoms with E-state index in [-0.39, 0.29) is 0 Å². The van der Waals surface area contributed by atoms with Gasteiger partial charge in [0.15, 0.2) is 0 Å². The smallest absolute Gasteiger partial charge is 0.0490 e. The van der Waals surface area contributed by atoms with E-state index in [4.69, 9.17) is 4.74 Å². The maximum absolute atomic E-state index is 5.27. The third-order valence-electron chi connectivity index (χ3n) is 3.59. The summed E-state index contributed by atoms with van der Waals surface area (Å²) in [5.74, 6) is 3.47. The van der Waals surface area contributed by atoms with Crippen LogP contribution >= 0.6 is 0 Å². The molecule has 0 aromatic heterocycles. The normalized spacial score (nSPS) is 41.5.